The van der Waals surface area contributed by atoms with Crippen molar-refractivity contribution in [3.63, 3.8) is 0 Å². The van der Waals surface area contributed by atoms with Crippen LogP contribution in [0.1, 0.15) is 29.8 Å². The quantitative estimate of drug-likeness (QED) is 0.108. The first-order chi connectivity index (χ1) is 54.9. The van der Waals surface area contributed by atoms with Gasteiger partial charge in [0.2, 0.25) is 0 Å². The maximum atomic E-state index is 6.82. The molecular weight excluding hydrogens is 1360 g/mol. The lowest BCUT2D eigenvalue weighted by Gasteiger charge is -2.23. The van der Waals surface area contributed by atoms with E-state index in [4.69, 9.17) is 53.4 Å². The summed E-state index contributed by atoms with van der Waals surface area (Å²) in [5.74, 6) is 2.75. The van der Waals surface area contributed by atoms with Gasteiger partial charge in [-0.1, -0.05) is 255 Å². The molecular formula is C100H62N8O3. The van der Waals surface area contributed by atoms with Crippen LogP contribution in [-0.2, 0) is 13.0 Å². The Morgan fingerprint density at radius 3 is 1.69 bits per heavy atom. The summed E-state index contributed by atoms with van der Waals surface area (Å²) in [6, 6.07) is 106. The Labute approximate surface area is 636 Å². The first kappa shape index (κ1) is 63.6. The minimum Gasteiger partial charge on any atom is -0.488 e. The van der Waals surface area contributed by atoms with Gasteiger partial charge in [0, 0.05) is 101 Å². The van der Waals surface area contributed by atoms with Crippen LogP contribution < -0.4 is 15.4 Å². The van der Waals surface area contributed by atoms with Crippen molar-refractivity contribution in [3.05, 3.63) is 343 Å². The largest absolute Gasteiger partial charge is 0.488 e. The van der Waals surface area contributed by atoms with Gasteiger partial charge in [-0.25, -0.2) is 29.9 Å². The lowest BCUT2D eigenvalue weighted by Crippen LogP contribution is -2.22. The molecule has 0 amide bonds. The number of ether oxygens (including phenoxy) is 1. The number of aromatic nitrogens is 8. The van der Waals surface area contributed by atoms with Gasteiger partial charge in [0.15, 0.2) is 22.8 Å². The average Bonchev–Trinajstić information content (AvgIpc) is 1.63. The van der Waals surface area contributed by atoms with Crippen LogP contribution >= 0.6 is 0 Å². The van der Waals surface area contributed by atoms with E-state index in [2.05, 4.69) is 255 Å². The van der Waals surface area contributed by atoms with Crippen LogP contribution in [0.5, 0.6) is 5.75 Å². The Hall–Kier alpha value is -14.7. The summed E-state index contributed by atoms with van der Waals surface area (Å²) in [7, 11) is 0. The van der Waals surface area contributed by atoms with E-state index in [0.29, 0.717) is 30.5 Å². The fourth-order valence-electron chi connectivity index (χ4n) is 16.5. The summed E-state index contributed by atoms with van der Waals surface area (Å²) in [5.41, 5.74) is 26.4. The third-order valence-corrected chi connectivity index (χ3v) is 22.0. The number of hydrogen-bond donors (Lipinski definition) is 0. The van der Waals surface area contributed by atoms with Crippen molar-refractivity contribution in [1.82, 2.24) is 39.9 Å². The van der Waals surface area contributed by atoms with Crippen molar-refractivity contribution >= 4 is 88.4 Å². The molecule has 0 bridgehead atoms. The molecule has 1 aliphatic carbocycles. The molecule has 20 aromatic rings. The fraction of sp³-hybridized carbons (Fsp3) is 0.0400. The highest BCUT2D eigenvalue weighted by atomic mass is 16.5. The average molecular weight is 1420 g/mol. The van der Waals surface area contributed by atoms with E-state index >= 15 is 0 Å². The summed E-state index contributed by atoms with van der Waals surface area (Å²) >= 11 is 0. The summed E-state index contributed by atoms with van der Waals surface area (Å²) in [6.45, 7) is 0.482. The topological polar surface area (TPSA) is 139 Å². The van der Waals surface area contributed by atoms with Crippen LogP contribution in [0.2, 0.25) is 0 Å². The summed E-state index contributed by atoms with van der Waals surface area (Å²) in [5, 5.41) is 10.8. The van der Waals surface area contributed by atoms with Gasteiger partial charge >= 0.3 is 0 Å². The van der Waals surface area contributed by atoms with Crippen LogP contribution in [-0.4, -0.2) is 39.9 Å². The Balaban J connectivity index is 0.569. The molecule has 1 aliphatic heterocycles. The molecule has 0 atom stereocenters. The zero-order chi connectivity index (χ0) is 73.0. The number of nitrogens with zero attached hydrogens (tertiary/aromatic N) is 8. The predicted molar refractivity (Wildman–Crippen MR) is 447 cm³/mol. The molecule has 520 valence electrons. The van der Waals surface area contributed by atoms with Gasteiger partial charge in [-0.15, -0.1) is 0 Å². The summed E-state index contributed by atoms with van der Waals surface area (Å²) < 4.78 is 19.8. The van der Waals surface area contributed by atoms with E-state index in [1.54, 1.807) is 6.20 Å². The number of furan rings is 2. The third-order valence-electron chi connectivity index (χ3n) is 22.0. The van der Waals surface area contributed by atoms with Crippen molar-refractivity contribution < 1.29 is 13.6 Å². The van der Waals surface area contributed by atoms with Crippen LogP contribution in [0.3, 0.4) is 0 Å². The molecule has 0 unspecified atom stereocenters. The summed E-state index contributed by atoms with van der Waals surface area (Å²) in [6.07, 6.45) is 10.8. The molecule has 22 rings (SSSR count). The minimum atomic E-state index is 0.482. The molecule has 0 radical (unpaired) electrons. The van der Waals surface area contributed by atoms with Crippen LogP contribution in [0.25, 0.3) is 212 Å². The van der Waals surface area contributed by atoms with E-state index in [1.807, 2.05) is 66.9 Å². The van der Waals surface area contributed by atoms with E-state index in [0.717, 1.165) is 212 Å². The molecule has 11 nitrogen and oxygen atoms in total. The van der Waals surface area contributed by atoms with Gasteiger partial charge < -0.3 is 13.6 Å². The van der Waals surface area contributed by atoms with E-state index in [1.165, 1.54) is 16.2 Å². The normalized spacial score (nSPS) is 12.5. The van der Waals surface area contributed by atoms with Gasteiger partial charge in [-0.3, -0.25) is 9.97 Å². The number of hydrogen-bond acceptors (Lipinski definition) is 11. The number of para-hydroxylation sites is 2. The second kappa shape index (κ2) is 26.1. The van der Waals surface area contributed by atoms with Crippen LogP contribution in [0, 0.1) is 0 Å². The number of benzene rings is 12. The molecule has 0 fully saturated rings. The molecule has 0 N–H and O–H groups in total. The molecule has 0 spiro atoms. The lowest BCUT2D eigenvalue weighted by molar-refractivity contribution is 0.303. The number of pyridine rings is 5. The van der Waals surface area contributed by atoms with E-state index < -0.39 is 0 Å². The number of rotatable bonds is 12. The highest BCUT2D eigenvalue weighted by Gasteiger charge is 2.25. The van der Waals surface area contributed by atoms with Gasteiger partial charge in [-0.05, 0) is 134 Å². The zero-order valence-corrected chi connectivity index (χ0v) is 59.8. The second-order valence-corrected chi connectivity index (χ2v) is 28.6. The Morgan fingerprint density at radius 1 is 0.324 bits per heavy atom. The molecule has 12 aromatic carbocycles. The standard InChI is InChI=1S/C100H62N8O3/c1-2-16-59(17-3-1)52-90-104-99(108-100(105-90)70-20-14-19-68(54-70)73-25-15-26-76-77-22-6-9-28-87(77)109-58-82(73)76)66-41-39-65(40-42-66)94-98-92(79-24-8-11-30-89(79)111-98)81-49-45-69-53-67(44-47-75(69)96(81)107-94)71-46-50-84(102-57-71)86-56-72(55-85(103-86)83-27-12-13-51-101-83)62-33-31-60(32-34-62)61-35-37-64(38-36-61)93-97-91(78-23-7-10-29-88(78)110-97)80-48-43-63-18-4-5-21-74(63)95(80)106-93/h1-6,8-9,11-51,53-57H,7,10,52,58H2. The Bertz CT molecular complexity index is 7330. The molecule has 0 saturated carbocycles. The fourth-order valence-corrected chi connectivity index (χ4v) is 16.5. The van der Waals surface area contributed by atoms with Crippen molar-refractivity contribution in [2.24, 2.45) is 0 Å². The van der Waals surface area contributed by atoms with Gasteiger partial charge in [0.05, 0.1) is 33.8 Å². The molecule has 11 heteroatoms. The van der Waals surface area contributed by atoms with Crippen LogP contribution in [0.15, 0.2) is 325 Å². The minimum absolute atomic E-state index is 0.482. The summed E-state index contributed by atoms with van der Waals surface area (Å²) in [4.78, 5) is 41.6. The highest BCUT2D eigenvalue weighted by Crippen LogP contribution is 2.45. The maximum absolute atomic E-state index is 6.82. The Morgan fingerprint density at radius 2 is 0.919 bits per heavy atom. The monoisotopic (exact) mass is 1420 g/mol. The highest BCUT2D eigenvalue weighted by molar-refractivity contribution is 6.25. The first-order valence-electron chi connectivity index (χ1n) is 37.5. The molecule has 9 heterocycles. The third kappa shape index (κ3) is 11.1. The smallest absolute Gasteiger partial charge is 0.163 e. The predicted octanol–water partition coefficient (Wildman–Crippen LogP) is 23.3. The van der Waals surface area contributed by atoms with Crippen molar-refractivity contribution in [2.75, 3.05) is 0 Å². The first-order valence-corrected chi connectivity index (χ1v) is 37.5. The van der Waals surface area contributed by atoms with Crippen molar-refractivity contribution in [2.45, 2.75) is 25.9 Å². The van der Waals surface area contributed by atoms with Gasteiger partial charge in [0.1, 0.15) is 40.6 Å². The molecule has 0 saturated heterocycles. The second-order valence-electron chi connectivity index (χ2n) is 28.6. The van der Waals surface area contributed by atoms with Crippen LogP contribution in [0.4, 0.5) is 0 Å². The molecule has 2 aliphatic rings. The van der Waals surface area contributed by atoms with Gasteiger partial charge in [-0.2, -0.15) is 0 Å². The number of fused-ring (bicyclic) bond motifs is 17. The Kier molecular flexibility index (Phi) is 14.9. The SMILES string of the molecule is C1=c2oc3c(-c4ccc(-c5ccc(-c6cc(-c7ccccn7)nc(-c7ccc(-c8ccc9c(ccc%10c9nc(-c9ccc(-c%11nc(Cc%12ccccc%12)nc(-c%12cccc(-c%13cccc%14c%13COc%13ccccc%13-%14)c%12)n%11)cc9)c9oc%11ccccc%11c9%10)c8)cn7)c6)cc5)cc4)nc4c5ccccc5ccc4c3c2=CCC1. The molecule has 111 heavy (non-hydrogen) atoms. The molecule has 8 aromatic heterocycles. The van der Waals surface area contributed by atoms with E-state index in [-0.39, 0.29) is 0 Å². The lowest BCUT2D eigenvalue weighted by atomic mass is 9.90. The van der Waals surface area contributed by atoms with Crippen molar-refractivity contribution in [3.8, 4) is 129 Å². The van der Waals surface area contributed by atoms with Gasteiger partial charge in [0.25, 0.3) is 0 Å². The van der Waals surface area contributed by atoms with Crippen molar-refractivity contribution in [1.29, 1.82) is 0 Å². The van der Waals surface area contributed by atoms with E-state index in [9.17, 15) is 0 Å². The maximum Gasteiger partial charge on any atom is 0.163 e. The zero-order valence-electron chi connectivity index (χ0n) is 59.8.